The van der Waals surface area contributed by atoms with E-state index in [1.165, 1.54) is 0 Å². The van der Waals surface area contributed by atoms with E-state index in [2.05, 4.69) is 13.8 Å². The van der Waals surface area contributed by atoms with Crippen molar-refractivity contribution in [2.24, 2.45) is 0 Å². The summed E-state index contributed by atoms with van der Waals surface area (Å²) in [6.07, 6.45) is 1.76. The first-order valence-corrected chi connectivity index (χ1v) is 7.26. The zero-order chi connectivity index (χ0) is 14.8. The molecule has 1 rings (SSSR count). The van der Waals surface area contributed by atoms with Gasteiger partial charge >= 0.3 is 0 Å². The van der Waals surface area contributed by atoms with Crippen LogP contribution in [0.2, 0.25) is 0 Å². The number of phenols is 2. The number of benzene rings is 1. The zero-order valence-corrected chi connectivity index (χ0v) is 13.3. The molecule has 19 heavy (non-hydrogen) atoms. The molecule has 1 aromatic carbocycles. The molecule has 1 aromatic rings. The van der Waals surface area contributed by atoms with Crippen molar-refractivity contribution < 1.29 is 10.2 Å². The maximum Gasteiger partial charge on any atom is 0.119 e. The Morgan fingerprint density at radius 1 is 0.947 bits per heavy atom. The Hall–Kier alpha value is -0.890. The Morgan fingerprint density at radius 3 is 1.89 bits per heavy atom. The van der Waals surface area contributed by atoms with Crippen LogP contribution in [0.1, 0.15) is 58.6 Å². The van der Waals surface area contributed by atoms with Gasteiger partial charge in [-0.25, -0.2) is 0 Å². The van der Waals surface area contributed by atoms with Gasteiger partial charge in [0.1, 0.15) is 11.5 Å². The minimum Gasteiger partial charge on any atom is -0.508 e. The molecule has 0 saturated carbocycles. The highest BCUT2D eigenvalue weighted by molar-refractivity contribution is 6.17. The van der Waals surface area contributed by atoms with Crippen LogP contribution in [-0.2, 0) is 10.8 Å². The lowest BCUT2D eigenvalue weighted by Gasteiger charge is -2.28. The van der Waals surface area contributed by atoms with Crippen LogP contribution >= 0.6 is 11.6 Å². The molecular weight excluding hydrogens is 260 g/mol. The minimum atomic E-state index is -0.202. The molecule has 0 bridgehead atoms. The number of rotatable bonds is 4. The van der Waals surface area contributed by atoms with E-state index in [-0.39, 0.29) is 22.3 Å². The number of phenolic OH excluding ortho intramolecular Hbond substituents is 2. The normalized spacial score (nSPS) is 12.7. The molecular formula is C16H25ClO2. The predicted octanol–water partition coefficient (Wildman–Crippen LogP) is 4.69. The average Bonchev–Trinajstić information content (AvgIpc) is 2.27. The molecule has 3 heteroatoms. The molecule has 2 N–H and O–H groups in total. The second-order valence-electron chi connectivity index (χ2n) is 6.81. The maximum absolute atomic E-state index is 10.3. The first-order valence-electron chi connectivity index (χ1n) is 6.72. The fourth-order valence-electron chi connectivity index (χ4n) is 2.36. The quantitative estimate of drug-likeness (QED) is 0.622. The molecule has 0 amide bonds. The van der Waals surface area contributed by atoms with E-state index >= 15 is 0 Å². The van der Waals surface area contributed by atoms with Gasteiger partial charge in [0.25, 0.3) is 0 Å². The second kappa shape index (κ2) is 5.62. The van der Waals surface area contributed by atoms with E-state index in [1.54, 1.807) is 12.1 Å². The number of hydrogen-bond donors (Lipinski definition) is 2. The van der Waals surface area contributed by atoms with Crippen molar-refractivity contribution in [3.63, 3.8) is 0 Å². The lowest BCUT2D eigenvalue weighted by atomic mass is 9.77. The van der Waals surface area contributed by atoms with E-state index in [0.29, 0.717) is 5.88 Å². The van der Waals surface area contributed by atoms with Crippen molar-refractivity contribution in [3.8, 4) is 11.5 Å². The summed E-state index contributed by atoms with van der Waals surface area (Å²) in [5, 5.41) is 20.5. The highest BCUT2D eigenvalue weighted by Gasteiger charge is 2.27. The van der Waals surface area contributed by atoms with Gasteiger partial charge < -0.3 is 10.2 Å². The number of hydrogen-bond acceptors (Lipinski definition) is 2. The molecule has 0 aromatic heterocycles. The van der Waals surface area contributed by atoms with Crippen molar-refractivity contribution >= 4 is 11.6 Å². The Balaban J connectivity index is 3.22. The third-order valence-corrected chi connectivity index (χ3v) is 3.85. The fourth-order valence-corrected chi connectivity index (χ4v) is 2.50. The number of alkyl halides is 1. The van der Waals surface area contributed by atoms with Gasteiger partial charge in [-0.2, -0.15) is 0 Å². The summed E-state index contributed by atoms with van der Waals surface area (Å²) in [6.45, 7) is 10.2. The molecule has 0 spiro atoms. The van der Waals surface area contributed by atoms with Gasteiger partial charge in [0.15, 0.2) is 0 Å². The molecule has 0 aliphatic rings. The summed E-state index contributed by atoms with van der Waals surface area (Å²) in [5.41, 5.74) is 1.15. The first kappa shape index (κ1) is 16.2. The molecule has 0 saturated heterocycles. The van der Waals surface area contributed by atoms with Crippen molar-refractivity contribution in [1.82, 2.24) is 0 Å². The highest BCUT2D eigenvalue weighted by atomic mass is 35.5. The fraction of sp³-hybridized carbons (Fsp3) is 0.625. The van der Waals surface area contributed by atoms with Crippen LogP contribution < -0.4 is 0 Å². The summed E-state index contributed by atoms with van der Waals surface area (Å²) in [4.78, 5) is 0. The van der Waals surface area contributed by atoms with Gasteiger partial charge in [0.05, 0.1) is 0 Å². The third-order valence-electron chi connectivity index (χ3n) is 3.59. The Morgan fingerprint density at radius 2 is 1.42 bits per heavy atom. The van der Waals surface area contributed by atoms with Gasteiger partial charge in [0.2, 0.25) is 0 Å². The standard InChI is InChI=1S/C16H25ClO2/c1-15(2,3)11-9-14(19)12(10-13(11)18)16(4,5)7-6-8-17/h9-10,18-19H,6-8H2,1-5H3. The van der Waals surface area contributed by atoms with Crippen molar-refractivity contribution in [2.45, 2.75) is 58.3 Å². The molecule has 0 atom stereocenters. The van der Waals surface area contributed by atoms with Crippen LogP contribution in [0.25, 0.3) is 0 Å². The molecule has 0 aliphatic heterocycles. The third kappa shape index (κ3) is 3.79. The molecule has 0 radical (unpaired) electrons. The number of aromatic hydroxyl groups is 2. The van der Waals surface area contributed by atoms with E-state index < -0.39 is 0 Å². The smallest absolute Gasteiger partial charge is 0.119 e. The van der Waals surface area contributed by atoms with Crippen LogP contribution in [0, 0.1) is 0 Å². The molecule has 108 valence electrons. The molecule has 0 heterocycles. The van der Waals surface area contributed by atoms with Crippen LogP contribution in [-0.4, -0.2) is 16.1 Å². The summed E-state index contributed by atoms with van der Waals surface area (Å²) in [7, 11) is 0. The molecule has 2 nitrogen and oxygen atoms in total. The zero-order valence-electron chi connectivity index (χ0n) is 12.5. The van der Waals surface area contributed by atoms with Crippen LogP contribution in [0.4, 0.5) is 0 Å². The van der Waals surface area contributed by atoms with Gasteiger partial charge in [-0.3, -0.25) is 0 Å². The molecule has 0 fully saturated rings. The van der Waals surface area contributed by atoms with Crippen LogP contribution in [0.5, 0.6) is 11.5 Å². The van der Waals surface area contributed by atoms with Crippen molar-refractivity contribution in [2.75, 3.05) is 5.88 Å². The number of halogens is 1. The second-order valence-corrected chi connectivity index (χ2v) is 7.19. The summed E-state index contributed by atoms with van der Waals surface area (Å²) >= 11 is 5.74. The molecule has 0 aliphatic carbocycles. The summed E-state index contributed by atoms with van der Waals surface area (Å²) < 4.78 is 0. The van der Waals surface area contributed by atoms with Crippen LogP contribution in [0.3, 0.4) is 0 Å². The minimum absolute atomic E-state index is 0.194. The van der Waals surface area contributed by atoms with Gasteiger partial charge in [0, 0.05) is 17.0 Å². The van der Waals surface area contributed by atoms with Gasteiger partial charge in [-0.05, 0) is 35.8 Å². The molecule has 0 unspecified atom stereocenters. The Bertz CT molecular complexity index is 445. The van der Waals surface area contributed by atoms with Gasteiger partial charge in [-0.1, -0.05) is 34.6 Å². The summed E-state index contributed by atoms with van der Waals surface area (Å²) in [6, 6.07) is 3.39. The lowest BCUT2D eigenvalue weighted by molar-refractivity contribution is 0.401. The van der Waals surface area contributed by atoms with E-state index in [1.807, 2.05) is 20.8 Å². The first-order chi connectivity index (χ1) is 8.59. The van der Waals surface area contributed by atoms with E-state index in [0.717, 1.165) is 24.0 Å². The monoisotopic (exact) mass is 284 g/mol. The van der Waals surface area contributed by atoms with Crippen molar-refractivity contribution in [3.05, 3.63) is 23.3 Å². The Kier molecular flexibility index (Phi) is 4.78. The largest absolute Gasteiger partial charge is 0.508 e. The van der Waals surface area contributed by atoms with E-state index in [4.69, 9.17) is 11.6 Å². The topological polar surface area (TPSA) is 40.5 Å². The lowest BCUT2D eigenvalue weighted by Crippen LogP contribution is -2.19. The Labute approximate surface area is 121 Å². The van der Waals surface area contributed by atoms with Crippen LogP contribution in [0.15, 0.2) is 12.1 Å². The maximum atomic E-state index is 10.3. The summed E-state index contributed by atoms with van der Waals surface area (Å²) in [5.74, 6) is 1.11. The van der Waals surface area contributed by atoms with Crippen molar-refractivity contribution in [1.29, 1.82) is 0 Å². The SMILES string of the molecule is CC(C)(C)c1cc(O)c(C(C)(C)CCCCl)cc1O. The van der Waals surface area contributed by atoms with Gasteiger partial charge in [-0.15, -0.1) is 11.6 Å². The van der Waals surface area contributed by atoms with E-state index in [9.17, 15) is 10.2 Å². The highest BCUT2D eigenvalue weighted by Crippen LogP contribution is 2.41. The average molecular weight is 285 g/mol. The predicted molar refractivity (Wildman–Crippen MR) is 81.5 cm³/mol.